The molecule has 19 heavy (non-hydrogen) atoms. The molecule has 0 bridgehead atoms. The highest BCUT2D eigenvalue weighted by atomic mass is 14.8. The number of nitrogens with zero attached hydrogens (tertiary/aromatic N) is 2. The van der Waals surface area contributed by atoms with Gasteiger partial charge in [0.15, 0.2) is 0 Å². The van der Waals surface area contributed by atoms with E-state index in [9.17, 15) is 0 Å². The first-order valence-corrected chi connectivity index (χ1v) is 6.89. The lowest BCUT2D eigenvalue weighted by Gasteiger charge is -2.26. The van der Waals surface area contributed by atoms with Gasteiger partial charge in [0.25, 0.3) is 0 Å². The van der Waals surface area contributed by atoms with Crippen molar-refractivity contribution >= 4 is 11.0 Å². The largest absolute Gasteiger partial charge is 0.249 e. The standard InChI is InChI=1S/C17H24N2/c1-9-10(2)15-16(19-13(5)12(4)18-15)11(3)14(9)17(6,7)8/h1-8H3. The van der Waals surface area contributed by atoms with Crippen LogP contribution in [0.2, 0.25) is 0 Å². The summed E-state index contributed by atoms with van der Waals surface area (Å²) in [5, 5.41) is 0. The van der Waals surface area contributed by atoms with Crippen molar-refractivity contribution in [1.29, 1.82) is 0 Å². The molecule has 1 aromatic carbocycles. The fraction of sp³-hybridized carbons (Fsp3) is 0.529. The molecule has 0 spiro atoms. The third-order valence-electron chi connectivity index (χ3n) is 4.08. The Labute approximate surface area is 116 Å². The SMILES string of the molecule is Cc1nc2c(C)c(C)c(C(C)(C)C)c(C)c2nc1C. The summed E-state index contributed by atoms with van der Waals surface area (Å²) in [7, 11) is 0. The number of fused-ring (bicyclic) bond motifs is 1. The first-order chi connectivity index (χ1) is 8.64. The Kier molecular flexibility index (Phi) is 3.16. The summed E-state index contributed by atoms with van der Waals surface area (Å²) in [5.74, 6) is 0. The van der Waals surface area contributed by atoms with E-state index in [1.54, 1.807) is 0 Å². The minimum Gasteiger partial charge on any atom is -0.249 e. The van der Waals surface area contributed by atoms with Crippen molar-refractivity contribution < 1.29 is 0 Å². The first kappa shape index (κ1) is 14.0. The van der Waals surface area contributed by atoms with Crippen molar-refractivity contribution in [3.8, 4) is 0 Å². The summed E-state index contributed by atoms with van der Waals surface area (Å²) in [6, 6.07) is 0. The Bertz CT molecular complexity index is 661. The molecule has 2 rings (SSSR count). The Balaban J connectivity index is 3.01. The van der Waals surface area contributed by atoms with Crippen LogP contribution in [0, 0.1) is 34.6 Å². The van der Waals surface area contributed by atoms with Crippen LogP contribution in [0.3, 0.4) is 0 Å². The Morgan fingerprint density at radius 1 is 0.632 bits per heavy atom. The molecule has 0 radical (unpaired) electrons. The van der Waals surface area contributed by atoms with Gasteiger partial charge in [0, 0.05) is 0 Å². The molecule has 0 N–H and O–H groups in total. The van der Waals surface area contributed by atoms with Crippen LogP contribution >= 0.6 is 0 Å². The van der Waals surface area contributed by atoms with Crippen molar-refractivity contribution in [3.63, 3.8) is 0 Å². The van der Waals surface area contributed by atoms with Crippen LogP contribution in [0.5, 0.6) is 0 Å². The van der Waals surface area contributed by atoms with E-state index in [2.05, 4.69) is 41.5 Å². The third-order valence-corrected chi connectivity index (χ3v) is 4.08. The lowest BCUT2D eigenvalue weighted by molar-refractivity contribution is 0.582. The van der Waals surface area contributed by atoms with Gasteiger partial charge >= 0.3 is 0 Å². The molecule has 2 aromatic rings. The first-order valence-electron chi connectivity index (χ1n) is 6.89. The molecule has 0 atom stereocenters. The normalized spacial score (nSPS) is 12.2. The van der Waals surface area contributed by atoms with Crippen LogP contribution in [-0.2, 0) is 5.41 Å². The Morgan fingerprint density at radius 2 is 1.05 bits per heavy atom. The second kappa shape index (κ2) is 4.29. The lowest BCUT2D eigenvalue weighted by atomic mass is 9.79. The molecule has 0 fully saturated rings. The van der Waals surface area contributed by atoms with Gasteiger partial charge in [0.05, 0.1) is 22.4 Å². The fourth-order valence-electron chi connectivity index (χ4n) is 3.02. The second-order valence-corrected chi connectivity index (χ2v) is 6.59. The molecule has 0 amide bonds. The molecule has 0 saturated carbocycles. The van der Waals surface area contributed by atoms with E-state index in [0.29, 0.717) is 0 Å². The molecule has 0 aliphatic carbocycles. The lowest BCUT2D eigenvalue weighted by Crippen LogP contribution is -2.17. The molecule has 2 nitrogen and oxygen atoms in total. The van der Waals surface area contributed by atoms with E-state index in [0.717, 1.165) is 22.4 Å². The number of aryl methyl sites for hydroxylation is 4. The number of hydrogen-bond donors (Lipinski definition) is 0. The van der Waals surface area contributed by atoms with Gasteiger partial charge in [0.1, 0.15) is 0 Å². The highest BCUT2D eigenvalue weighted by molar-refractivity contribution is 5.84. The van der Waals surface area contributed by atoms with Crippen LogP contribution in [-0.4, -0.2) is 9.97 Å². The van der Waals surface area contributed by atoms with Crippen LogP contribution in [0.4, 0.5) is 0 Å². The molecular weight excluding hydrogens is 232 g/mol. The van der Waals surface area contributed by atoms with Gasteiger partial charge < -0.3 is 0 Å². The molecule has 0 unspecified atom stereocenters. The van der Waals surface area contributed by atoms with Crippen molar-refractivity contribution in [3.05, 3.63) is 33.6 Å². The van der Waals surface area contributed by atoms with E-state index in [1.165, 1.54) is 22.3 Å². The molecule has 0 saturated heterocycles. The summed E-state index contributed by atoms with van der Waals surface area (Å²) < 4.78 is 0. The molecule has 1 heterocycles. The minimum atomic E-state index is 0.133. The number of aromatic nitrogens is 2. The highest BCUT2D eigenvalue weighted by Crippen LogP contribution is 2.35. The number of hydrogen-bond acceptors (Lipinski definition) is 2. The summed E-state index contributed by atoms with van der Waals surface area (Å²) >= 11 is 0. The third kappa shape index (κ3) is 2.13. The zero-order valence-corrected chi connectivity index (χ0v) is 13.4. The van der Waals surface area contributed by atoms with Gasteiger partial charge in [-0.05, 0) is 62.3 Å². The van der Waals surface area contributed by atoms with E-state index in [1.807, 2.05) is 13.8 Å². The Morgan fingerprint density at radius 3 is 1.47 bits per heavy atom. The predicted octanol–water partition coefficient (Wildman–Crippen LogP) is 4.47. The predicted molar refractivity (Wildman–Crippen MR) is 81.9 cm³/mol. The maximum absolute atomic E-state index is 4.79. The van der Waals surface area contributed by atoms with Crippen LogP contribution in [0.1, 0.15) is 54.4 Å². The fourth-order valence-corrected chi connectivity index (χ4v) is 3.02. The zero-order valence-electron chi connectivity index (χ0n) is 13.4. The quantitative estimate of drug-likeness (QED) is 0.695. The maximum atomic E-state index is 4.79. The smallest absolute Gasteiger partial charge is 0.0925 e. The van der Waals surface area contributed by atoms with Gasteiger partial charge in [-0.3, -0.25) is 0 Å². The second-order valence-electron chi connectivity index (χ2n) is 6.59. The van der Waals surface area contributed by atoms with Gasteiger partial charge in [-0.1, -0.05) is 20.8 Å². The van der Waals surface area contributed by atoms with E-state index in [-0.39, 0.29) is 5.41 Å². The van der Waals surface area contributed by atoms with Crippen molar-refractivity contribution in [2.45, 2.75) is 60.8 Å². The van der Waals surface area contributed by atoms with Crippen molar-refractivity contribution in [1.82, 2.24) is 9.97 Å². The molecular formula is C17H24N2. The maximum Gasteiger partial charge on any atom is 0.0925 e. The average Bonchev–Trinajstić information content (AvgIpc) is 2.27. The van der Waals surface area contributed by atoms with E-state index in [4.69, 9.17) is 9.97 Å². The molecule has 102 valence electrons. The Hall–Kier alpha value is -1.44. The van der Waals surface area contributed by atoms with Crippen LogP contribution in [0.25, 0.3) is 11.0 Å². The summed E-state index contributed by atoms with van der Waals surface area (Å²) in [6.45, 7) is 17.4. The van der Waals surface area contributed by atoms with E-state index < -0.39 is 0 Å². The molecule has 2 heteroatoms. The van der Waals surface area contributed by atoms with Crippen LogP contribution in [0.15, 0.2) is 0 Å². The van der Waals surface area contributed by atoms with E-state index >= 15 is 0 Å². The minimum absolute atomic E-state index is 0.133. The van der Waals surface area contributed by atoms with Gasteiger partial charge in [0.2, 0.25) is 0 Å². The van der Waals surface area contributed by atoms with Crippen molar-refractivity contribution in [2.24, 2.45) is 0 Å². The monoisotopic (exact) mass is 256 g/mol. The molecule has 1 aromatic heterocycles. The number of rotatable bonds is 0. The summed E-state index contributed by atoms with van der Waals surface area (Å²) in [5.41, 5.74) is 9.62. The van der Waals surface area contributed by atoms with Gasteiger partial charge in [-0.15, -0.1) is 0 Å². The van der Waals surface area contributed by atoms with Crippen LogP contribution < -0.4 is 0 Å². The number of benzene rings is 1. The average molecular weight is 256 g/mol. The highest BCUT2D eigenvalue weighted by Gasteiger charge is 2.23. The topological polar surface area (TPSA) is 25.8 Å². The molecule has 0 aliphatic heterocycles. The summed E-state index contributed by atoms with van der Waals surface area (Å²) in [4.78, 5) is 9.55. The van der Waals surface area contributed by atoms with Gasteiger partial charge in [-0.25, -0.2) is 9.97 Å². The summed E-state index contributed by atoms with van der Waals surface area (Å²) in [6.07, 6.45) is 0. The van der Waals surface area contributed by atoms with Crippen molar-refractivity contribution in [2.75, 3.05) is 0 Å². The molecule has 0 aliphatic rings. The van der Waals surface area contributed by atoms with Gasteiger partial charge in [-0.2, -0.15) is 0 Å². The zero-order chi connectivity index (χ0) is 14.5.